The summed E-state index contributed by atoms with van der Waals surface area (Å²) in [5, 5.41) is 2.89. The summed E-state index contributed by atoms with van der Waals surface area (Å²) in [7, 11) is 1.61. The van der Waals surface area contributed by atoms with Crippen LogP contribution in [0.4, 0.5) is 0 Å². The van der Waals surface area contributed by atoms with Gasteiger partial charge in [-0.3, -0.25) is 14.4 Å². The third-order valence-electron chi connectivity index (χ3n) is 5.30. The topological polar surface area (TPSA) is 79.0 Å². The van der Waals surface area contributed by atoms with Crippen molar-refractivity contribution >= 4 is 29.5 Å². The summed E-state index contributed by atoms with van der Waals surface area (Å²) in [5.74, 6) is 1.83. The lowest BCUT2D eigenvalue weighted by Gasteiger charge is -2.35. The van der Waals surface area contributed by atoms with Crippen LogP contribution in [0.15, 0.2) is 48.5 Å². The van der Waals surface area contributed by atoms with Gasteiger partial charge in [0.15, 0.2) is 0 Å². The van der Waals surface area contributed by atoms with Crippen LogP contribution in [-0.4, -0.2) is 58.8 Å². The first-order chi connectivity index (χ1) is 14.5. The van der Waals surface area contributed by atoms with Gasteiger partial charge in [0.1, 0.15) is 18.3 Å². The highest BCUT2D eigenvalue weighted by atomic mass is 32.2. The van der Waals surface area contributed by atoms with Crippen molar-refractivity contribution in [3.63, 3.8) is 0 Å². The number of fused-ring (bicyclic) bond motifs is 1. The number of nitrogens with one attached hydrogen (secondary N) is 1. The summed E-state index contributed by atoms with van der Waals surface area (Å²) in [6.45, 7) is 0.877. The van der Waals surface area contributed by atoms with E-state index in [0.717, 1.165) is 16.9 Å². The van der Waals surface area contributed by atoms with Gasteiger partial charge >= 0.3 is 0 Å². The number of thioether (sulfide) groups is 1. The van der Waals surface area contributed by atoms with E-state index in [1.165, 1.54) is 0 Å². The van der Waals surface area contributed by atoms with Gasteiger partial charge in [0.2, 0.25) is 11.8 Å². The summed E-state index contributed by atoms with van der Waals surface area (Å²) < 4.78 is 5.19. The first-order valence-corrected chi connectivity index (χ1v) is 10.9. The lowest BCUT2D eigenvalue weighted by molar-refractivity contribution is -0.153. The SMILES string of the molecule is COc1cccc(CNC(=O)c2ccc(CN3CC(=O)N4CSC[C@@H]4C3=O)cc2)c1. The minimum atomic E-state index is -0.335. The third-order valence-corrected chi connectivity index (χ3v) is 6.31. The van der Waals surface area contributed by atoms with Crippen molar-refractivity contribution in [3.8, 4) is 5.75 Å². The van der Waals surface area contributed by atoms with E-state index >= 15 is 0 Å². The maximum Gasteiger partial charge on any atom is 0.251 e. The van der Waals surface area contributed by atoms with Crippen molar-refractivity contribution in [1.29, 1.82) is 0 Å². The molecule has 0 saturated carbocycles. The Kier molecular flexibility index (Phi) is 5.94. The van der Waals surface area contributed by atoms with Crippen LogP contribution in [0, 0.1) is 0 Å². The summed E-state index contributed by atoms with van der Waals surface area (Å²) in [4.78, 5) is 40.6. The molecule has 0 aliphatic carbocycles. The van der Waals surface area contributed by atoms with Gasteiger partial charge in [-0.05, 0) is 35.4 Å². The maximum absolute atomic E-state index is 12.6. The molecule has 30 heavy (non-hydrogen) atoms. The van der Waals surface area contributed by atoms with Crippen molar-refractivity contribution in [3.05, 3.63) is 65.2 Å². The zero-order chi connectivity index (χ0) is 21.1. The molecular formula is C22H23N3O4S. The van der Waals surface area contributed by atoms with E-state index in [9.17, 15) is 14.4 Å². The molecule has 0 aromatic heterocycles. The van der Waals surface area contributed by atoms with Crippen LogP contribution >= 0.6 is 11.8 Å². The first-order valence-electron chi connectivity index (χ1n) is 9.71. The van der Waals surface area contributed by atoms with E-state index in [2.05, 4.69) is 5.32 Å². The van der Waals surface area contributed by atoms with E-state index in [1.54, 1.807) is 40.8 Å². The van der Waals surface area contributed by atoms with Crippen LogP contribution in [0.25, 0.3) is 0 Å². The minimum Gasteiger partial charge on any atom is -0.497 e. The predicted octanol–water partition coefficient (Wildman–Crippen LogP) is 1.87. The smallest absolute Gasteiger partial charge is 0.251 e. The number of amides is 3. The van der Waals surface area contributed by atoms with Crippen LogP contribution < -0.4 is 10.1 Å². The van der Waals surface area contributed by atoms with Crippen molar-refractivity contribution < 1.29 is 19.1 Å². The lowest BCUT2D eigenvalue weighted by atomic mass is 10.1. The predicted molar refractivity (Wildman–Crippen MR) is 114 cm³/mol. The normalized spacial score (nSPS) is 18.4. The molecular weight excluding hydrogens is 402 g/mol. The fourth-order valence-electron chi connectivity index (χ4n) is 3.62. The molecule has 3 amide bonds. The maximum atomic E-state index is 12.6. The Morgan fingerprint density at radius 3 is 2.73 bits per heavy atom. The van der Waals surface area contributed by atoms with Gasteiger partial charge in [0.25, 0.3) is 5.91 Å². The summed E-state index contributed by atoms with van der Waals surface area (Å²) in [6.07, 6.45) is 0. The van der Waals surface area contributed by atoms with Crippen molar-refractivity contribution in [2.45, 2.75) is 19.1 Å². The van der Waals surface area contributed by atoms with E-state index in [4.69, 9.17) is 4.74 Å². The fraction of sp³-hybridized carbons (Fsp3) is 0.318. The van der Waals surface area contributed by atoms with E-state index < -0.39 is 0 Å². The highest BCUT2D eigenvalue weighted by Crippen LogP contribution is 2.26. The van der Waals surface area contributed by atoms with Gasteiger partial charge in [-0.25, -0.2) is 0 Å². The fourth-order valence-corrected chi connectivity index (χ4v) is 4.79. The standard InChI is InChI=1S/C22H23N3O4S/c1-29-18-4-2-3-16(9-18)10-23-21(27)17-7-5-15(6-8-17)11-24-12-20(26)25-14-30-13-19(25)22(24)28/h2-9,19H,10-14H2,1H3,(H,23,27)/t19-/m1/s1. The van der Waals surface area contributed by atoms with E-state index in [0.29, 0.717) is 30.3 Å². The Balaban J connectivity index is 1.35. The molecule has 2 aromatic rings. The zero-order valence-electron chi connectivity index (χ0n) is 16.7. The average molecular weight is 426 g/mol. The Labute approximate surface area is 179 Å². The highest BCUT2D eigenvalue weighted by Gasteiger charge is 2.42. The van der Waals surface area contributed by atoms with Crippen LogP contribution in [0.1, 0.15) is 21.5 Å². The van der Waals surface area contributed by atoms with Gasteiger partial charge < -0.3 is 19.9 Å². The van der Waals surface area contributed by atoms with Gasteiger partial charge in [0, 0.05) is 24.4 Å². The van der Waals surface area contributed by atoms with Crippen molar-refractivity contribution in [1.82, 2.24) is 15.1 Å². The molecule has 156 valence electrons. The molecule has 2 saturated heterocycles. The average Bonchev–Trinajstić information content (AvgIpc) is 3.27. The number of piperazine rings is 1. The summed E-state index contributed by atoms with van der Waals surface area (Å²) in [6, 6.07) is 14.3. The molecule has 4 rings (SSSR count). The molecule has 2 fully saturated rings. The number of nitrogens with zero attached hydrogens (tertiary/aromatic N) is 2. The molecule has 0 unspecified atom stereocenters. The molecule has 0 bridgehead atoms. The number of rotatable bonds is 6. The van der Waals surface area contributed by atoms with Crippen molar-refractivity contribution in [2.75, 3.05) is 25.3 Å². The van der Waals surface area contributed by atoms with Crippen LogP contribution in [-0.2, 0) is 22.7 Å². The van der Waals surface area contributed by atoms with Gasteiger partial charge in [-0.2, -0.15) is 0 Å². The molecule has 2 aliphatic heterocycles. The quantitative estimate of drug-likeness (QED) is 0.765. The molecule has 8 heteroatoms. The number of methoxy groups -OCH3 is 1. The highest BCUT2D eigenvalue weighted by molar-refractivity contribution is 7.99. The number of ether oxygens (including phenoxy) is 1. The minimum absolute atomic E-state index is 0.000270. The molecule has 1 N–H and O–H groups in total. The Bertz CT molecular complexity index is 963. The number of carbonyl (C=O) groups is 3. The van der Waals surface area contributed by atoms with Gasteiger partial charge in [0.05, 0.1) is 13.0 Å². The number of hydrogen-bond donors (Lipinski definition) is 1. The van der Waals surface area contributed by atoms with Crippen molar-refractivity contribution in [2.24, 2.45) is 0 Å². The number of benzene rings is 2. The lowest BCUT2D eigenvalue weighted by Crippen LogP contribution is -2.57. The molecule has 2 aliphatic rings. The van der Waals surface area contributed by atoms with Crippen LogP contribution in [0.3, 0.4) is 0 Å². The molecule has 2 aromatic carbocycles. The monoisotopic (exact) mass is 425 g/mol. The number of carbonyl (C=O) groups excluding carboxylic acids is 3. The number of hydrogen-bond acceptors (Lipinski definition) is 5. The Hall–Kier alpha value is -3.00. The summed E-state index contributed by atoms with van der Waals surface area (Å²) >= 11 is 1.61. The second kappa shape index (κ2) is 8.79. The second-order valence-electron chi connectivity index (χ2n) is 7.30. The molecule has 1 atom stereocenters. The van der Waals surface area contributed by atoms with Gasteiger partial charge in [-0.1, -0.05) is 24.3 Å². The largest absolute Gasteiger partial charge is 0.497 e. The molecule has 7 nitrogen and oxygen atoms in total. The van der Waals surface area contributed by atoms with E-state index in [-0.39, 0.29) is 30.3 Å². The van der Waals surface area contributed by atoms with Gasteiger partial charge in [-0.15, -0.1) is 11.8 Å². The Morgan fingerprint density at radius 1 is 1.17 bits per heavy atom. The first kappa shape index (κ1) is 20.3. The summed E-state index contributed by atoms with van der Waals surface area (Å²) in [5.41, 5.74) is 2.38. The van der Waals surface area contributed by atoms with E-state index in [1.807, 2.05) is 36.4 Å². The van der Waals surface area contributed by atoms with Crippen LogP contribution in [0.5, 0.6) is 5.75 Å². The Morgan fingerprint density at radius 2 is 1.97 bits per heavy atom. The van der Waals surface area contributed by atoms with Crippen LogP contribution in [0.2, 0.25) is 0 Å². The zero-order valence-corrected chi connectivity index (χ0v) is 17.5. The molecule has 2 heterocycles. The third kappa shape index (κ3) is 4.28. The molecule has 0 spiro atoms. The molecule has 0 radical (unpaired) electrons. The second-order valence-corrected chi connectivity index (χ2v) is 8.30.